The number of pyridine rings is 1. The van der Waals surface area contributed by atoms with Gasteiger partial charge in [0.25, 0.3) is 0 Å². The van der Waals surface area contributed by atoms with Gasteiger partial charge in [-0.25, -0.2) is 4.98 Å². The molecule has 3 rings (SSSR count). The van der Waals surface area contributed by atoms with Gasteiger partial charge in [0.15, 0.2) is 0 Å². The molecule has 0 spiro atoms. The van der Waals surface area contributed by atoms with Gasteiger partial charge >= 0.3 is 0 Å². The van der Waals surface area contributed by atoms with E-state index in [9.17, 15) is 0 Å². The number of halogens is 2. The summed E-state index contributed by atoms with van der Waals surface area (Å²) >= 11 is 11.9. The Morgan fingerprint density at radius 1 is 1.14 bits per heavy atom. The number of alkyl halides is 1. The van der Waals surface area contributed by atoms with Crippen molar-refractivity contribution < 1.29 is 0 Å². The highest BCUT2D eigenvalue weighted by atomic mass is 35.5. The van der Waals surface area contributed by atoms with Crippen LogP contribution in [-0.2, 0) is 19.4 Å². The molecule has 0 aliphatic carbocycles. The van der Waals surface area contributed by atoms with E-state index in [0.29, 0.717) is 10.9 Å². The Morgan fingerprint density at radius 3 is 2.81 bits per heavy atom. The lowest BCUT2D eigenvalue weighted by Crippen LogP contribution is -2.07. The summed E-state index contributed by atoms with van der Waals surface area (Å²) in [6.07, 6.45) is 5.35. The summed E-state index contributed by atoms with van der Waals surface area (Å²) in [6.45, 7) is 0.857. The topological polar surface area (TPSA) is 30.7 Å². The Labute approximate surface area is 133 Å². The van der Waals surface area contributed by atoms with E-state index in [1.807, 2.05) is 30.5 Å². The molecule has 0 amide bonds. The lowest BCUT2D eigenvalue weighted by atomic mass is 10.2. The first-order chi connectivity index (χ1) is 10.3. The Kier molecular flexibility index (Phi) is 4.42. The highest BCUT2D eigenvalue weighted by molar-refractivity contribution is 6.31. The zero-order valence-corrected chi connectivity index (χ0v) is 13.0. The summed E-state index contributed by atoms with van der Waals surface area (Å²) in [7, 11) is 0. The summed E-state index contributed by atoms with van der Waals surface area (Å²) in [5.74, 6) is 1.57. The van der Waals surface area contributed by atoms with E-state index < -0.39 is 0 Å². The number of imidazole rings is 1. The number of aryl methyl sites for hydroxylation is 3. The summed E-state index contributed by atoms with van der Waals surface area (Å²) < 4.78 is 2.22. The van der Waals surface area contributed by atoms with Gasteiger partial charge in [-0.05, 0) is 36.2 Å². The van der Waals surface area contributed by atoms with Crippen LogP contribution < -0.4 is 0 Å². The van der Waals surface area contributed by atoms with Crippen LogP contribution in [0.2, 0.25) is 5.02 Å². The Hall–Kier alpha value is -1.58. The first kappa shape index (κ1) is 14.4. The van der Waals surface area contributed by atoms with Crippen molar-refractivity contribution in [3.63, 3.8) is 0 Å². The minimum atomic E-state index is 0.559. The van der Waals surface area contributed by atoms with Gasteiger partial charge in [0.2, 0.25) is 0 Å². The van der Waals surface area contributed by atoms with Crippen molar-refractivity contribution in [2.45, 2.75) is 19.4 Å². The predicted molar refractivity (Wildman–Crippen MR) is 87.1 cm³/mol. The third kappa shape index (κ3) is 3.20. The maximum Gasteiger partial charge on any atom is 0.111 e. The van der Waals surface area contributed by atoms with Crippen LogP contribution in [0.4, 0.5) is 0 Å². The molecule has 108 valence electrons. The molecule has 1 aromatic carbocycles. The van der Waals surface area contributed by atoms with Crippen molar-refractivity contribution >= 4 is 34.2 Å². The molecule has 0 fully saturated rings. The van der Waals surface area contributed by atoms with Crippen molar-refractivity contribution in [2.75, 3.05) is 5.88 Å². The first-order valence-electron chi connectivity index (χ1n) is 6.87. The fraction of sp³-hybridized carbons (Fsp3) is 0.250. The first-order valence-corrected chi connectivity index (χ1v) is 7.78. The summed E-state index contributed by atoms with van der Waals surface area (Å²) in [6, 6.07) is 9.86. The number of hydrogen-bond acceptors (Lipinski definition) is 2. The van der Waals surface area contributed by atoms with Crippen LogP contribution in [0, 0.1) is 0 Å². The fourth-order valence-electron chi connectivity index (χ4n) is 2.46. The van der Waals surface area contributed by atoms with Crippen molar-refractivity contribution in [1.29, 1.82) is 0 Å². The molecule has 21 heavy (non-hydrogen) atoms. The molecule has 0 radical (unpaired) electrons. The molecule has 5 heteroatoms. The second-order valence-corrected chi connectivity index (χ2v) is 5.68. The van der Waals surface area contributed by atoms with Gasteiger partial charge < -0.3 is 4.57 Å². The minimum absolute atomic E-state index is 0.559. The molecule has 0 N–H and O–H groups in total. The molecule has 3 aromatic rings. The summed E-state index contributed by atoms with van der Waals surface area (Å²) in [4.78, 5) is 8.81. The predicted octanol–water partition coefficient (Wildman–Crippen LogP) is 4.11. The lowest BCUT2D eigenvalue weighted by Gasteiger charge is -2.08. The third-order valence-corrected chi connectivity index (χ3v) is 3.88. The van der Waals surface area contributed by atoms with Gasteiger partial charge in [0, 0.05) is 36.3 Å². The second-order valence-electron chi connectivity index (χ2n) is 4.86. The van der Waals surface area contributed by atoms with Gasteiger partial charge in [-0.3, -0.25) is 4.98 Å². The molecule has 2 aromatic heterocycles. The van der Waals surface area contributed by atoms with Crippen LogP contribution in [0.1, 0.15) is 11.4 Å². The molecular weight excluding hydrogens is 305 g/mol. The Morgan fingerprint density at radius 2 is 2.05 bits per heavy atom. The average Bonchev–Trinajstić information content (AvgIpc) is 2.83. The number of benzene rings is 1. The number of aromatic nitrogens is 3. The van der Waals surface area contributed by atoms with E-state index in [2.05, 4.69) is 20.6 Å². The highest BCUT2D eigenvalue weighted by Crippen LogP contribution is 2.21. The SMILES string of the molecule is ClCCc1nc2cc(Cl)ccc2n1CCc1cccnc1. The second kappa shape index (κ2) is 6.46. The molecule has 3 nitrogen and oxygen atoms in total. The van der Waals surface area contributed by atoms with Crippen molar-refractivity contribution in [3.05, 3.63) is 59.1 Å². The van der Waals surface area contributed by atoms with Crippen LogP contribution in [0.25, 0.3) is 11.0 Å². The van der Waals surface area contributed by atoms with E-state index in [0.717, 1.165) is 36.2 Å². The molecule has 0 saturated heterocycles. The van der Waals surface area contributed by atoms with Gasteiger partial charge in [-0.15, -0.1) is 11.6 Å². The zero-order chi connectivity index (χ0) is 14.7. The third-order valence-electron chi connectivity index (χ3n) is 3.45. The molecule has 0 atom stereocenters. The Bertz CT molecular complexity index is 738. The smallest absolute Gasteiger partial charge is 0.111 e. The molecule has 0 aliphatic rings. The number of rotatable bonds is 5. The molecular formula is C16H15Cl2N3. The van der Waals surface area contributed by atoms with Gasteiger partial charge in [-0.2, -0.15) is 0 Å². The monoisotopic (exact) mass is 319 g/mol. The van der Waals surface area contributed by atoms with Crippen molar-refractivity contribution in [3.8, 4) is 0 Å². The van der Waals surface area contributed by atoms with E-state index >= 15 is 0 Å². The molecule has 2 heterocycles. The molecule has 0 bridgehead atoms. The van der Waals surface area contributed by atoms with Crippen LogP contribution in [0.15, 0.2) is 42.7 Å². The molecule has 0 aliphatic heterocycles. The highest BCUT2D eigenvalue weighted by Gasteiger charge is 2.10. The number of hydrogen-bond donors (Lipinski definition) is 0. The zero-order valence-electron chi connectivity index (χ0n) is 11.5. The molecule has 0 saturated carbocycles. The number of nitrogens with zero attached hydrogens (tertiary/aromatic N) is 3. The van der Waals surface area contributed by atoms with Crippen LogP contribution >= 0.6 is 23.2 Å². The maximum atomic E-state index is 6.05. The normalized spacial score (nSPS) is 11.1. The largest absolute Gasteiger partial charge is 0.328 e. The van der Waals surface area contributed by atoms with Crippen molar-refractivity contribution in [2.24, 2.45) is 0 Å². The minimum Gasteiger partial charge on any atom is -0.328 e. The quantitative estimate of drug-likeness (QED) is 0.662. The fourth-order valence-corrected chi connectivity index (χ4v) is 2.80. The van der Waals surface area contributed by atoms with Crippen LogP contribution in [0.3, 0.4) is 0 Å². The van der Waals surface area contributed by atoms with Crippen LogP contribution in [0.5, 0.6) is 0 Å². The Balaban J connectivity index is 1.93. The van der Waals surface area contributed by atoms with Crippen molar-refractivity contribution in [1.82, 2.24) is 14.5 Å². The summed E-state index contributed by atoms with van der Waals surface area (Å²) in [5.41, 5.74) is 3.24. The van der Waals surface area contributed by atoms with Gasteiger partial charge in [0.05, 0.1) is 11.0 Å². The average molecular weight is 320 g/mol. The van der Waals surface area contributed by atoms with E-state index in [1.54, 1.807) is 6.20 Å². The van der Waals surface area contributed by atoms with Gasteiger partial charge in [0.1, 0.15) is 5.82 Å². The maximum absolute atomic E-state index is 6.05. The lowest BCUT2D eigenvalue weighted by molar-refractivity contribution is 0.674. The van der Waals surface area contributed by atoms with Crippen LogP contribution in [-0.4, -0.2) is 20.4 Å². The van der Waals surface area contributed by atoms with E-state index in [4.69, 9.17) is 23.2 Å². The molecule has 0 unspecified atom stereocenters. The standard InChI is InChI=1S/C16H15Cl2N3/c17-7-5-16-20-14-10-13(18)3-4-15(14)21(16)9-6-12-2-1-8-19-11-12/h1-4,8,10-11H,5-7,9H2. The van der Waals surface area contributed by atoms with E-state index in [-0.39, 0.29) is 0 Å². The van der Waals surface area contributed by atoms with Gasteiger partial charge in [-0.1, -0.05) is 17.7 Å². The summed E-state index contributed by atoms with van der Waals surface area (Å²) in [5, 5.41) is 0.705. The number of fused-ring (bicyclic) bond motifs is 1. The van der Waals surface area contributed by atoms with E-state index in [1.165, 1.54) is 5.56 Å².